The third-order valence-electron chi connectivity index (χ3n) is 5.05. The van der Waals surface area contributed by atoms with Crippen molar-refractivity contribution in [2.75, 3.05) is 44.7 Å². The molecule has 168 valence electrons. The fourth-order valence-electron chi connectivity index (χ4n) is 3.29. The Labute approximate surface area is 191 Å². The smallest absolute Gasteiger partial charge is 0.293 e. The van der Waals surface area contributed by atoms with E-state index < -0.39 is 5.91 Å². The van der Waals surface area contributed by atoms with Gasteiger partial charge in [-0.1, -0.05) is 11.8 Å². The van der Waals surface area contributed by atoms with Crippen LogP contribution in [0.5, 0.6) is 0 Å². The quantitative estimate of drug-likeness (QED) is 0.300. The van der Waals surface area contributed by atoms with E-state index in [1.54, 1.807) is 17.9 Å². The van der Waals surface area contributed by atoms with Crippen LogP contribution >= 0.6 is 0 Å². The van der Waals surface area contributed by atoms with E-state index in [2.05, 4.69) is 37.0 Å². The Morgan fingerprint density at radius 2 is 1.88 bits per heavy atom. The summed E-state index contributed by atoms with van der Waals surface area (Å²) in [5, 5.41) is 12.3. The number of carbonyl (C=O) groups is 1. The molecular formula is C24H24N6O3. The fourth-order valence-corrected chi connectivity index (χ4v) is 3.29. The van der Waals surface area contributed by atoms with Crippen LogP contribution in [-0.4, -0.2) is 70.4 Å². The number of hydroxylamine groups is 1. The molecule has 9 nitrogen and oxygen atoms in total. The summed E-state index contributed by atoms with van der Waals surface area (Å²) < 4.78 is 5.37. The first-order chi connectivity index (χ1) is 16.2. The zero-order chi connectivity index (χ0) is 22.9. The predicted molar refractivity (Wildman–Crippen MR) is 123 cm³/mol. The summed E-state index contributed by atoms with van der Waals surface area (Å²) in [5.74, 6) is 6.34. The average molecular weight is 444 g/mol. The fraction of sp³-hybridized carbons (Fsp3) is 0.250. The predicted octanol–water partition coefficient (Wildman–Crippen LogP) is 1.80. The number of nitrogens with one attached hydrogen (secondary N) is 2. The maximum Gasteiger partial charge on any atom is 0.293 e. The molecule has 1 amide bonds. The van der Waals surface area contributed by atoms with Crippen molar-refractivity contribution in [3.05, 3.63) is 71.7 Å². The van der Waals surface area contributed by atoms with Crippen LogP contribution in [0.4, 0.5) is 5.82 Å². The molecule has 3 N–H and O–H groups in total. The Hall–Kier alpha value is -3.84. The van der Waals surface area contributed by atoms with Crippen molar-refractivity contribution < 1.29 is 14.7 Å². The number of rotatable bonds is 6. The molecule has 0 radical (unpaired) electrons. The molecule has 1 aliphatic rings. The number of carbonyl (C=O) groups excluding carboxylic acids is 1. The number of pyridine rings is 1. The largest absolute Gasteiger partial charge is 0.379 e. The molecule has 0 unspecified atom stereocenters. The minimum atomic E-state index is -0.700. The Kier molecular flexibility index (Phi) is 7.56. The van der Waals surface area contributed by atoms with Gasteiger partial charge in [0.2, 0.25) is 0 Å². The number of benzene rings is 1. The van der Waals surface area contributed by atoms with Crippen molar-refractivity contribution in [2.45, 2.75) is 0 Å². The minimum absolute atomic E-state index is 0.0665. The monoisotopic (exact) mass is 444 g/mol. The topological polar surface area (TPSA) is 112 Å². The summed E-state index contributed by atoms with van der Waals surface area (Å²) in [4.78, 5) is 27.2. The average Bonchev–Trinajstić information content (AvgIpc) is 2.88. The molecule has 1 fully saturated rings. The Morgan fingerprint density at radius 1 is 1.09 bits per heavy atom. The van der Waals surface area contributed by atoms with Crippen LogP contribution in [0.3, 0.4) is 0 Å². The van der Waals surface area contributed by atoms with Gasteiger partial charge in [0.25, 0.3) is 5.91 Å². The van der Waals surface area contributed by atoms with E-state index in [4.69, 9.17) is 9.94 Å². The van der Waals surface area contributed by atoms with Gasteiger partial charge < -0.3 is 10.1 Å². The van der Waals surface area contributed by atoms with E-state index in [1.165, 1.54) is 6.07 Å². The van der Waals surface area contributed by atoms with Gasteiger partial charge in [-0.2, -0.15) is 0 Å². The molecule has 0 saturated carbocycles. The summed E-state index contributed by atoms with van der Waals surface area (Å²) >= 11 is 0. The summed E-state index contributed by atoms with van der Waals surface area (Å²) in [7, 11) is 0. The maximum absolute atomic E-state index is 12.0. The minimum Gasteiger partial charge on any atom is -0.379 e. The summed E-state index contributed by atoms with van der Waals surface area (Å²) in [5.41, 5.74) is 4.09. The molecule has 0 spiro atoms. The number of amides is 1. The second-order valence-corrected chi connectivity index (χ2v) is 7.35. The molecule has 3 heterocycles. The van der Waals surface area contributed by atoms with E-state index in [0.29, 0.717) is 18.2 Å². The van der Waals surface area contributed by atoms with Gasteiger partial charge in [-0.3, -0.25) is 19.9 Å². The number of hydrogen-bond donors (Lipinski definition) is 3. The van der Waals surface area contributed by atoms with E-state index in [9.17, 15) is 4.79 Å². The Bertz CT molecular complexity index is 1140. The molecule has 0 aliphatic carbocycles. The number of anilines is 1. The highest BCUT2D eigenvalue weighted by Crippen LogP contribution is 2.19. The van der Waals surface area contributed by atoms with Crippen molar-refractivity contribution in [2.24, 2.45) is 0 Å². The van der Waals surface area contributed by atoms with Crippen molar-refractivity contribution in [3.8, 4) is 23.2 Å². The normalized spacial score (nSPS) is 13.6. The Balaban J connectivity index is 1.50. The van der Waals surface area contributed by atoms with E-state index in [-0.39, 0.29) is 5.69 Å². The van der Waals surface area contributed by atoms with Gasteiger partial charge in [0.1, 0.15) is 11.5 Å². The number of ether oxygens (including phenoxy) is 1. The van der Waals surface area contributed by atoms with Gasteiger partial charge in [-0.15, -0.1) is 0 Å². The second kappa shape index (κ2) is 11.2. The lowest BCUT2D eigenvalue weighted by atomic mass is 10.1. The van der Waals surface area contributed by atoms with Crippen LogP contribution in [0, 0.1) is 11.8 Å². The van der Waals surface area contributed by atoms with Gasteiger partial charge >= 0.3 is 0 Å². The van der Waals surface area contributed by atoms with Gasteiger partial charge in [-0.05, 0) is 36.4 Å². The van der Waals surface area contributed by atoms with Crippen molar-refractivity contribution in [1.82, 2.24) is 25.3 Å². The van der Waals surface area contributed by atoms with Crippen LogP contribution in [-0.2, 0) is 4.74 Å². The van der Waals surface area contributed by atoms with Gasteiger partial charge in [0.15, 0.2) is 5.82 Å². The molecule has 9 heteroatoms. The first-order valence-electron chi connectivity index (χ1n) is 10.6. The van der Waals surface area contributed by atoms with Crippen LogP contribution in [0.15, 0.2) is 54.9 Å². The summed E-state index contributed by atoms with van der Waals surface area (Å²) in [6.07, 6.45) is 3.41. The molecule has 4 rings (SSSR count). The lowest BCUT2D eigenvalue weighted by Crippen LogP contribution is -2.39. The zero-order valence-corrected chi connectivity index (χ0v) is 18.0. The van der Waals surface area contributed by atoms with Crippen LogP contribution in [0.25, 0.3) is 11.4 Å². The molecule has 1 aliphatic heterocycles. The molecule has 0 bridgehead atoms. The standard InChI is InChI=1S/C24H24N6O3/c31-24(29-32)21-16-22(26-10-11-30-12-14-33-15-13-30)28-23(27-21)20-7-5-18(6-8-20)3-4-19-2-1-9-25-17-19/h1-2,5-9,16-17,32H,10-15H2,(H,29,31)(H,26,27,28). The third-order valence-corrected chi connectivity index (χ3v) is 5.05. The molecule has 3 aromatic rings. The van der Waals surface area contributed by atoms with Crippen molar-refractivity contribution >= 4 is 11.7 Å². The summed E-state index contributed by atoms with van der Waals surface area (Å²) in [6, 6.07) is 12.7. The highest BCUT2D eigenvalue weighted by atomic mass is 16.5. The van der Waals surface area contributed by atoms with Gasteiger partial charge in [0.05, 0.1) is 13.2 Å². The van der Waals surface area contributed by atoms with Crippen LogP contribution in [0.2, 0.25) is 0 Å². The molecule has 0 atom stereocenters. The highest BCUT2D eigenvalue weighted by molar-refractivity contribution is 5.92. The number of morpholine rings is 1. The summed E-state index contributed by atoms with van der Waals surface area (Å²) in [6.45, 7) is 4.74. The maximum atomic E-state index is 12.0. The van der Waals surface area contributed by atoms with Crippen molar-refractivity contribution in [1.29, 1.82) is 0 Å². The lowest BCUT2D eigenvalue weighted by Gasteiger charge is -2.26. The number of aromatic nitrogens is 3. The molecule has 1 saturated heterocycles. The molecular weight excluding hydrogens is 420 g/mol. The van der Waals surface area contributed by atoms with Crippen LogP contribution < -0.4 is 10.8 Å². The molecule has 33 heavy (non-hydrogen) atoms. The zero-order valence-electron chi connectivity index (χ0n) is 18.0. The first-order valence-corrected chi connectivity index (χ1v) is 10.6. The van der Waals surface area contributed by atoms with E-state index in [0.717, 1.165) is 49.5 Å². The number of nitrogens with zero attached hydrogens (tertiary/aromatic N) is 4. The Morgan fingerprint density at radius 3 is 2.61 bits per heavy atom. The SMILES string of the molecule is O=C(NO)c1cc(NCCN2CCOCC2)nc(-c2ccc(C#Cc3cccnc3)cc2)n1. The van der Waals surface area contributed by atoms with Gasteiger partial charge in [0, 0.05) is 61.3 Å². The molecule has 1 aromatic carbocycles. The van der Waals surface area contributed by atoms with E-state index >= 15 is 0 Å². The second-order valence-electron chi connectivity index (χ2n) is 7.35. The van der Waals surface area contributed by atoms with Crippen LogP contribution in [0.1, 0.15) is 21.6 Å². The highest BCUT2D eigenvalue weighted by Gasteiger charge is 2.14. The molecule has 2 aromatic heterocycles. The lowest BCUT2D eigenvalue weighted by molar-refractivity contribution is 0.0398. The number of hydrogen-bond acceptors (Lipinski definition) is 8. The van der Waals surface area contributed by atoms with Crippen molar-refractivity contribution in [3.63, 3.8) is 0 Å². The third kappa shape index (κ3) is 6.33. The first kappa shape index (κ1) is 22.4. The van der Waals surface area contributed by atoms with E-state index in [1.807, 2.05) is 36.4 Å². The van der Waals surface area contributed by atoms with Gasteiger partial charge in [-0.25, -0.2) is 15.4 Å².